The fourth-order valence-electron chi connectivity index (χ4n) is 2.21. The molecule has 1 N–H and O–H groups in total. The highest BCUT2D eigenvalue weighted by atomic mass is 16.5. The third kappa shape index (κ3) is 2.74. The van der Waals surface area contributed by atoms with Crippen molar-refractivity contribution in [1.29, 1.82) is 0 Å². The maximum atomic E-state index is 5.75. The van der Waals surface area contributed by atoms with Crippen LogP contribution in [-0.4, -0.2) is 19.8 Å². The average Bonchev–Trinajstić information content (AvgIpc) is 2.70. The molecule has 18 heavy (non-hydrogen) atoms. The van der Waals surface area contributed by atoms with Crippen molar-refractivity contribution in [2.24, 2.45) is 0 Å². The normalized spacial score (nSPS) is 13.1. The van der Waals surface area contributed by atoms with Gasteiger partial charge in [-0.25, -0.2) is 0 Å². The molecule has 98 valence electrons. The number of furan rings is 1. The monoisotopic (exact) mass is 247 g/mol. The van der Waals surface area contributed by atoms with E-state index in [1.807, 2.05) is 25.1 Å². The van der Waals surface area contributed by atoms with Crippen molar-refractivity contribution < 1.29 is 9.15 Å². The number of ether oxygens (including phenoxy) is 1. The molecule has 3 heteroatoms. The van der Waals surface area contributed by atoms with Crippen LogP contribution >= 0.6 is 0 Å². The molecule has 0 fully saturated rings. The van der Waals surface area contributed by atoms with E-state index in [1.54, 1.807) is 7.11 Å². The Morgan fingerprint density at radius 2 is 2.11 bits per heavy atom. The summed E-state index contributed by atoms with van der Waals surface area (Å²) >= 11 is 0. The number of fused-ring (bicyclic) bond motifs is 1. The number of hydrogen-bond acceptors (Lipinski definition) is 3. The predicted octanol–water partition coefficient (Wildman–Crippen LogP) is 3.26. The van der Waals surface area contributed by atoms with E-state index in [9.17, 15) is 0 Å². The van der Waals surface area contributed by atoms with Gasteiger partial charge in [0.2, 0.25) is 0 Å². The molecule has 0 amide bonds. The summed E-state index contributed by atoms with van der Waals surface area (Å²) in [7, 11) is 1.74. The van der Waals surface area contributed by atoms with E-state index in [2.05, 4.69) is 18.3 Å². The molecule has 1 heterocycles. The largest absolute Gasteiger partial charge is 0.461 e. The molecule has 0 spiro atoms. The lowest BCUT2D eigenvalue weighted by atomic mass is 10.1. The Morgan fingerprint density at radius 1 is 1.33 bits per heavy atom. The predicted molar refractivity (Wildman–Crippen MR) is 73.7 cm³/mol. The van der Waals surface area contributed by atoms with Crippen molar-refractivity contribution in [3.8, 4) is 0 Å². The van der Waals surface area contributed by atoms with Crippen LogP contribution in [0.15, 0.2) is 28.7 Å². The highest BCUT2D eigenvalue weighted by Crippen LogP contribution is 2.25. The molecular formula is C15H21NO2. The Morgan fingerprint density at radius 3 is 2.83 bits per heavy atom. The van der Waals surface area contributed by atoms with Crippen LogP contribution in [0.3, 0.4) is 0 Å². The summed E-state index contributed by atoms with van der Waals surface area (Å²) in [5.41, 5.74) is 2.21. The molecule has 0 radical (unpaired) electrons. The Hall–Kier alpha value is -1.32. The fourth-order valence-corrected chi connectivity index (χ4v) is 2.21. The summed E-state index contributed by atoms with van der Waals surface area (Å²) in [5.74, 6) is 0.996. The Labute approximate surface area is 108 Å². The van der Waals surface area contributed by atoms with E-state index in [4.69, 9.17) is 9.15 Å². The third-order valence-corrected chi connectivity index (χ3v) is 3.33. The first-order valence-electron chi connectivity index (χ1n) is 6.45. The van der Waals surface area contributed by atoms with E-state index in [-0.39, 0.29) is 0 Å². The van der Waals surface area contributed by atoms with Gasteiger partial charge in [0.1, 0.15) is 11.3 Å². The van der Waals surface area contributed by atoms with Gasteiger partial charge in [0.25, 0.3) is 0 Å². The zero-order valence-electron chi connectivity index (χ0n) is 11.3. The standard InChI is InChI=1S/C15H21NO2/c1-4-12(10-17-3)16-9-14-11(2)18-15-8-6-5-7-13(14)15/h5-8,12,16H,4,9-10H2,1-3H3. The van der Waals surface area contributed by atoms with Gasteiger partial charge in [0, 0.05) is 30.6 Å². The minimum atomic E-state index is 0.392. The summed E-state index contributed by atoms with van der Waals surface area (Å²) in [6.45, 7) is 5.75. The highest BCUT2D eigenvalue weighted by Gasteiger charge is 2.12. The van der Waals surface area contributed by atoms with Gasteiger partial charge < -0.3 is 14.5 Å². The second-order valence-electron chi connectivity index (χ2n) is 4.57. The molecule has 1 aromatic heterocycles. The minimum Gasteiger partial charge on any atom is -0.461 e. The molecule has 3 nitrogen and oxygen atoms in total. The summed E-state index contributed by atoms with van der Waals surface area (Å²) < 4.78 is 11.0. The number of aryl methyl sites for hydroxylation is 1. The maximum absolute atomic E-state index is 5.75. The first-order valence-corrected chi connectivity index (χ1v) is 6.45. The van der Waals surface area contributed by atoms with Gasteiger partial charge >= 0.3 is 0 Å². The molecule has 0 aliphatic rings. The molecular weight excluding hydrogens is 226 g/mol. The SMILES string of the molecule is CCC(COC)NCc1c(C)oc2ccccc12. The van der Waals surface area contributed by atoms with Crippen LogP contribution in [0.1, 0.15) is 24.7 Å². The van der Waals surface area contributed by atoms with Crippen molar-refractivity contribution in [1.82, 2.24) is 5.32 Å². The lowest BCUT2D eigenvalue weighted by molar-refractivity contribution is 0.164. The number of hydrogen-bond donors (Lipinski definition) is 1. The Kier molecular flexibility index (Phi) is 4.39. The van der Waals surface area contributed by atoms with Crippen LogP contribution in [0.2, 0.25) is 0 Å². The van der Waals surface area contributed by atoms with Crippen LogP contribution in [-0.2, 0) is 11.3 Å². The van der Waals surface area contributed by atoms with E-state index in [0.717, 1.165) is 30.9 Å². The van der Waals surface area contributed by atoms with Gasteiger partial charge in [-0.05, 0) is 19.4 Å². The molecule has 0 saturated carbocycles. The molecule has 0 saturated heterocycles. The van der Waals surface area contributed by atoms with Gasteiger partial charge in [-0.15, -0.1) is 0 Å². The van der Waals surface area contributed by atoms with Crippen molar-refractivity contribution in [3.05, 3.63) is 35.6 Å². The molecule has 0 aliphatic carbocycles. The van der Waals surface area contributed by atoms with E-state index < -0.39 is 0 Å². The van der Waals surface area contributed by atoms with Crippen LogP contribution < -0.4 is 5.32 Å². The topological polar surface area (TPSA) is 34.4 Å². The third-order valence-electron chi connectivity index (χ3n) is 3.33. The molecule has 2 aromatic rings. The van der Waals surface area contributed by atoms with Crippen molar-refractivity contribution in [3.63, 3.8) is 0 Å². The van der Waals surface area contributed by atoms with Crippen LogP contribution in [0, 0.1) is 6.92 Å². The van der Waals surface area contributed by atoms with Crippen LogP contribution in [0.5, 0.6) is 0 Å². The average molecular weight is 247 g/mol. The summed E-state index contributed by atoms with van der Waals surface area (Å²) in [6, 6.07) is 8.57. The first kappa shape index (κ1) is 13.1. The number of para-hydroxylation sites is 1. The minimum absolute atomic E-state index is 0.392. The lowest BCUT2D eigenvalue weighted by Crippen LogP contribution is -2.32. The highest BCUT2D eigenvalue weighted by molar-refractivity contribution is 5.82. The Balaban J connectivity index is 2.13. The molecule has 1 unspecified atom stereocenters. The maximum Gasteiger partial charge on any atom is 0.134 e. The Bertz CT molecular complexity index is 504. The summed E-state index contributed by atoms with van der Waals surface area (Å²) in [4.78, 5) is 0. The summed E-state index contributed by atoms with van der Waals surface area (Å²) in [6.07, 6.45) is 1.06. The van der Waals surface area contributed by atoms with E-state index in [1.165, 1.54) is 10.9 Å². The lowest BCUT2D eigenvalue weighted by Gasteiger charge is -2.15. The molecule has 2 rings (SSSR count). The van der Waals surface area contributed by atoms with Crippen LogP contribution in [0.4, 0.5) is 0 Å². The molecule has 1 aromatic carbocycles. The second kappa shape index (κ2) is 6.03. The van der Waals surface area contributed by atoms with Crippen LogP contribution in [0.25, 0.3) is 11.0 Å². The smallest absolute Gasteiger partial charge is 0.134 e. The van der Waals surface area contributed by atoms with Gasteiger partial charge in [0.05, 0.1) is 6.61 Å². The number of rotatable bonds is 6. The van der Waals surface area contributed by atoms with Crippen molar-refractivity contribution in [2.45, 2.75) is 32.9 Å². The van der Waals surface area contributed by atoms with Crippen molar-refractivity contribution >= 4 is 11.0 Å². The zero-order valence-corrected chi connectivity index (χ0v) is 11.3. The van der Waals surface area contributed by atoms with E-state index in [0.29, 0.717) is 6.04 Å². The molecule has 1 atom stereocenters. The number of nitrogens with one attached hydrogen (secondary N) is 1. The van der Waals surface area contributed by atoms with Gasteiger partial charge in [-0.1, -0.05) is 25.1 Å². The summed E-state index contributed by atoms with van der Waals surface area (Å²) in [5, 5.41) is 4.72. The fraction of sp³-hybridized carbons (Fsp3) is 0.467. The molecule has 0 bridgehead atoms. The second-order valence-corrected chi connectivity index (χ2v) is 4.57. The zero-order chi connectivity index (χ0) is 13.0. The number of benzene rings is 1. The first-order chi connectivity index (χ1) is 8.76. The van der Waals surface area contributed by atoms with E-state index >= 15 is 0 Å². The van der Waals surface area contributed by atoms with Gasteiger partial charge in [-0.2, -0.15) is 0 Å². The number of methoxy groups -OCH3 is 1. The van der Waals surface area contributed by atoms with Crippen molar-refractivity contribution in [2.75, 3.05) is 13.7 Å². The molecule has 0 aliphatic heterocycles. The van der Waals surface area contributed by atoms with Gasteiger partial charge in [0.15, 0.2) is 0 Å². The quantitative estimate of drug-likeness (QED) is 0.850. The van der Waals surface area contributed by atoms with Gasteiger partial charge in [-0.3, -0.25) is 0 Å².